The fourth-order valence-corrected chi connectivity index (χ4v) is 3.89. The van der Waals surface area contributed by atoms with Crippen molar-refractivity contribution in [1.29, 1.82) is 0 Å². The van der Waals surface area contributed by atoms with Crippen LogP contribution < -0.4 is 10.7 Å². The number of urea groups is 1. The molecule has 3 rings (SSSR count). The quantitative estimate of drug-likeness (QED) is 0.422. The lowest BCUT2D eigenvalue weighted by Crippen LogP contribution is -2.52. The van der Waals surface area contributed by atoms with Crippen LogP contribution in [-0.4, -0.2) is 51.8 Å². The zero-order chi connectivity index (χ0) is 21.2. The van der Waals surface area contributed by atoms with Gasteiger partial charge >= 0.3 is 6.03 Å². The van der Waals surface area contributed by atoms with Crippen LogP contribution in [0.2, 0.25) is 0 Å². The fraction of sp³-hybridized carbons (Fsp3) is 0.526. The number of carbonyl (C=O) groups excluding carboxylic acids is 3. The van der Waals surface area contributed by atoms with Gasteiger partial charge in [0.25, 0.3) is 17.5 Å². The molecule has 1 aromatic rings. The normalized spacial score (nSPS) is 24.1. The summed E-state index contributed by atoms with van der Waals surface area (Å²) in [5, 5.41) is 14.6. The third-order valence-corrected chi connectivity index (χ3v) is 5.57. The van der Waals surface area contributed by atoms with E-state index in [9.17, 15) is 24.5 Å². The summed E-state index contributed by atoms with van der Waals surface area (Å²) in [6.07, 6.45) is 2.80. The molecule has 10 nitrogen and oxygen atoms in total. The van der Waals surface area contributed by atoms with Gasteiger partial charge in [-0.3, -0.25) is 30.0 Å². The van der Waals surface area contributed by atoms with E-state index in [1.807, 2.05) is 0 Å². The average molecular weight is 403 g/mol. The van der Waals surface area contributed by atoms with Crippen LogP contribution in [0.3, 0.4) is 0 Å². The smallest absolute Gasteiger partial charge is 0.322 e. The number of carbonyl (C=O) groups is 3. The van der Waals surface area contributed by atoms with Gasteiger partial charge in [-0.25, -0.2) is 4.79 Å². The van der Waals surface area contributed by atoms with E-state index in [0.717, 1.165) is 17.9 Å². The van der Waals surface area contributed by atoms with Crippen LogP contribution in [-0.2, 0) is 16.1 Å². The second-order valence-electron chi connectivity index (χ2n) is 7.93. The molecule has 4 amide bonds. The minimum atomic E-state index is -0.923. The van der Waals surface area contributed by atoms with Crippen LogP contribution in [0.1, 0.15) is 38.2 Å². The molecule has 10 heteroatoms. The van der Waals surface area contributed by atoms with Gasteiger partial charge in [0, 0.05) is 18.2 Å². The maximum atomic E-state index is 12.8. The summed E-state index contributed by atoms with van der Waals surface area (Å²) in [6.45, 7) is 2.15. The van der Waals surface area contributed by atoms with E-state index in [0.29, 0.717) is 24.3 Å². The number of hydrazine groups is 1. The van der Waals surface area contributed by atoms with E-state index in [-0.39, 0.29) is 18.8 Å². The summed E-state index contributed by atoms with van der Waals surface area (Å²) in [5.74, 6) is -0.468. The molecule has 1 aliphatic carbocycles. The monoisotopic (exact) mass is 403 g/mol. The van der Waals surface area contributed by atoms with Crippen molar-refractivity contribution in [1.82, 2.24) is 20.7 Å². The lowest BCUT2D eigenvalue weighted by molar-refractivity contribution is -0.385. The molecule has 29 heavy (non-hydrogen) atoms. The van der Waals surface area contributed by atoms with Crippen molar-refractivity contribution in [3.63, 3.8) is 0 Å². The third-order valence-electron chi connectivity index (χ3n) is 5.57. The zero-order valence-electron chi connectivity index (χ0n) is 16.5. The number of amides is 4. The summed E-state index contributed by atoms with van der Waals surface area (Å²) in [4.78, 5) is 49.6. The number of imide groups is 1. The molecule has 0 radical (unpaired) electrons. The van der Waals surface area contributed by atoms with Crippen LogP contribution in [0.5, 0.6) is 0 Å². The first-order chi connectivity index (χ1) is 13.7. The van der Waals surface area contributed by atoms with E-state index in [1.165, 1.54) is 6.07 Å². The Balaban J connectivity index is 1.59. The van der Waals surface area contributed by atoms with Gasteiger partial charge in [-0.1, -0.05) is 25.1 Å². The highest BCUT2D eigenvalue weighted by Gasteiger charge is 2.52. The van der Waals surface area contributed by atoms with Crippen LogP contribution in [0.15, 0.2) is 24.3 Å². The van der Waals surface area contributed by atoms with E-state index in [1.54, 1.807) is 30.1 Å². The van der Waals surface area contributed by atoms with Crippen LogP contribution in [0.4, 0.5) is 10.5 Å². The van der Waals surface area contributed by atoms with Crippen molar-refractivity contribution < 1.29 is 19.3 Å². The van der Waals surface area contributed by atoms with Crippen molar-refractivity contribution in [2.24, 2.45) is 5.92 Å². The van der Waals surface area contributed by atoms with Gasteiger partial charge in [0.1, 0.15) is 5.54 Å². The minimum absolute atomic E-state index is 0.0256. The number of benzene rings is 1. The van der Waals surface area contributed by atoms with Gasteiger partial charge < -0.3 is 5.32 Å². The number of hydrogen-bond donors (Lipinski definition) is 2. The number of nitro benzene ring substituents is 1. The van der Waals surface area contributed by atoms with Gasteiger partial charge in [-0.2, -0.15) is 5.01 Å². The molecular weight excluding hydrogens is 378 g/mol. The number of nitrogens with one attached hydrogen (secondary N) is 2. The van der Waals surface area contributed by atoms with E-state index >= 15 is 0 Å². The van der Waals surface area contributed by atoms with Crippen molar-refractivity contribution in [3.8, 4) is 0 Å². The summed E-state index contributed by atoms with van der Waals surface area (Å²) in [6, 6.07) is 5.67. The molecule has 2 aliphatic rings. The molecule has 1 spiro atoms. The topological polar surface area (TPSA) is 125 Å². The van der Waals surface area contributed by atoms with Gasteiger partial charge in [0.2, 0.25) is 0 Å². The van der Waals surface area contributed by atoms with Gasteiger partial charge in [-0.05, 0) is 38.6 Å². The number of likely N-dealkylation sites (N-methyl/N-ethyl adjacent to an activating group) is 1. The molecule has 1 saturated heterocycles. The van der Waals surface area contributed by atoms with Crippen molar-refractivity contribution >= 4 is 23.5 Å². The predicted molar refractivity (Wildman–Crippen MR) is 103 cm³/mol. The molecule has 1 heterocycles. The summed E-state index contributed by atoms with van der Waals surface area (Å²) < 4.78 is 0. The summed E-state index contributed by atoms with van der Waals surface area (Å²) in [7, 11) is 1.63. The Kier molecular flexibility index (Phi) is 5.83. The fourth-order valence-electron chi connectivity index (χ4n) is 3.89. The first kappa shape index (κ1) is 20.7. The molecule has 0 unspecified atom stereocenters. The summed E-state index contributed by atoms with van der Waals surface area (Å²) >= 11 is 0. The van der Waals surface area contributed by atoms with Crippen LogP contribution in [0.25, 0.3) is 0 Å². The Bertz CT molecular complexity index is 834. The highest BCUT2D eigenvalue weighted by atomic mass is 16.6. The second-order valence-corrected chi connectivity index (χ2v) is 7.93. The van der Waals surface area contributed by atoms with E-state index in [2.05, 4.69) is 17.7 Å². The van der Waals surface area contributed by atoms with Crippen molar-refractivity contribution in [2.45, 2.75) is 44.7 Å². The highest BCUT2D eigenvalue weighted by Crippen LogP contribution is 2.35. The summed E-state index contributed by atoms with van der Waals surface area (Å²) in [5.41, 5.74) is 1.89. The largest absolute Gasteiger partial charge is 0.344 e. The maximum absolute atomic E-state index is 12.8. The number of hydrogen-bond acceptors (Lipinski definition) is 6. The number of nitrogens with zero attached hydrogens (tertiary/aromatic N) is 3. The van der Waals surface area contributed by atoms with Crippen LogP contribution >= 0.6 is 0 Å². The molecular formula is C19H25N5O5. The Morgan fingerprint density at radius 2 is 2.00 bits per heavy atom. The molecule has 2 N–H and O–H groups in total. The molecule has 1 aromatic carbocycles. The van der Waals surface area contributed by atoms with Crippen molar-refractivity contribution in [3.05, 3.63) is 39.9 Å². The van der Waals surface area contributed by atoms with Gasteiger partial charge in [0.05, 0.1) is 11.5 Å². The number of nitro groups is 1. The Morgan fingerprint density at radius 1 is 1.34 bits per heavy atom. The first-order valence-electron chi connectivity index (χ1n) is 9.59. The standard InChI is InChI=1S/C19H25N5O5/c1-13-7-9-19(10-8-13)17(26)23(18(27)20-19)21-16(25)12-22(2)11-14-5-3-4-6-15(14)24(28)29/h3-6,13H,7-12H2,1-2H3,(H,20,27)(H,21,25). The molecule has 1 saturated carbocycles. The highest BCUT2D eigenvalue weighted by molar-refractivity contribution is 6.08. The number of para-hydroxylation sites is 1. The molecule has 1 aliphatic heterocycles. The van der Waals surface area contributed by atoms with E-state index in [4.69, 9.17) is 0 Å². The second kappa shape index (κ2) is 8.16. The molecule has 0 atom stereocenters. The Hall–Kier alpha value is -3.01. The molecule has 0 aromatic heterocycles. The maximum Gasteiger partial charge on any atom is 0.344 e. The average Bonchev–Trinajstić information content (AvgIpc) is 2.88. The van der Waals surface area contributed by atoms with Gasteiger partial charge in [0.15, 0.2) is 0 Å². The molecule has 2 fully saturated rings. The third kappa shape index (κ3) is 4.37. The van der Waals surface area contributed by atoms with E-state index < -0.39 is 28.3 Å². The predicted octanol–water partition coefficient (Wildman–Crippen LogP) is 1.56. The molecule has 156 valence electrons. The molecule has 0 bridgehead atoms. The van der Waals surface area contributed by atoms with Gasteiger partial charge in [-0.15, -0.1) is 0 Å². The first-order valence-corrected chi connectivity index (χ1v) is 9.59. The SMILES string of the molecule is CC1CCC2(CC1)NC(=O)N(NC(=O)CN(C)Cc1ccccc1[N+](=O)[O-])C2=O. The Morgan fingerprint density at radius 3 is 2.66 bits per heavy atom. The zero-order valence-corrected chi connectivity index (χ0v) is 16.5. The number of rotatable bonds is 6. The minimum Gasteiger partial charge on any atom is -0.322 e. The lowest BCUT2D eigenvalue weighted by Gasteiger charge is -2.33. The van der Waals surface area contributed by atoms with Crippen LogP contribution in [0, 0.1) is 16.0 Å². The van der Waals surface area contributed by atoms with Crippen molar-refractivity contribution in [2.75, 3.05) is 13.6 Å². The Labute approximate surface area is 168 Å². The lowest BCUT2D eigenvalue weighted by atomic mass is 9.77.